The Bertz CT molecular complexity index is 655. The number of rotatable bonds is 4. The molecule has 1 aliphatic heterocycles. The standard InChI is InChI=1S/C18H20N2O3/c1-2-12-7-3-6-10-15(12)19-16(21)11-20-17(22)13-8-4-5-9-14(13)18(20)23/h3-7,10,13-14H,2,8-9,11H2,1H3,(H,19,21). The largest absolute Gasteiger partial charge is 0.324 e. The van der Waals surface area contributed by atoms with Gasteiger partial charge in [0.1, 0.15) is 6.54 Å². The van der Waals surface area contributed by atoms with Crippen LogP contribution in [0.15, 0.2) is 36.4 Å². The molecule has 120 valence electrons. The number of allylic oxidation sites excluding steroid dienone is 2. The van der Waals surface area contributed by atoms with Crippen LogP contribution in [0.25, 0.3) is 0 Å². The van der Waals surface area contributed by atoms with Gasteiger partial charge in [-0.1, -0.05) is 37.3 Å². The first-order valence-corrected chi connectivity index (χ1v) is 7.99. The van der Waals surface area contributed by atoms with Crippen molar-refractivity contribution < 1.29 is 14.4 Å². The molecule has 2 atom stereocenters. The molecule has 0 radical (unpaired) electrons. The van der Waals surface area contributed by atoms with Gasteiger partial charge in [-0.25, -0.2) is 0 Å². The molecule has 2 aliphatic rings. The van der Waals surface area contributed by atoms with E-state index in [1.165, 1.54) is 0 Å². The van der Waals surface area contributed by atoms with Crippen LogP contribution >= 0.6 is 0 Å². The lowest BCUT2D eigenvalue weighted by molar-refractivity contribution is -0.142. The van der Waals surface area contributed by atoms with Crippen LogP contribution < -0.4 is 5.32 Å². The van der Waals surface area contributed by atoms with Crippen molar-refractivity contribution in [1.82, 2.24) is 4.90 Å². The zero-order valence-corrected chi connectivity index (χ0v) is 13.1. The van der Waals surface area contributed by atoms with Crippen LogP contribution in [0, 0.1) is 11.8 Å². The van der Waals surface area contributed by atoms with Gasteiger partial charge >= 0.3 is 0 Å². The van der Waals surface area contributed by atoms with Crippen LogP contribution in [0.4, 0.5) is 5.69 Å². The number of aryl methyl sites for hydroxylation is 1. The summed E-state index contributed by atoms with van der Waals surface area (Å²) in [6, 6.07) is 7.54. The average Bonchev–Trinajstić information content (AvgIpc) is 2.81. The predicted molar refractivity (Wildman–Crippen MR) is 86.5 cm³/mol. The van der Waals surface area contributed by atoms with Gasteiger partial charge in [0.25, 0.3) is 0 Å². The molecule has 1 aromatic rings. The Balaban J connectivity index is 1.68. The molecule has 23 heavy (non-hydrogen) atoms. The van der Waals surface area contributed by atoms with Crippen molar-refractivity contribution in [3.63, 3.8) is 0 Å². The SMILES string of the molecule is CCc1ccccc1NC(=O)CN1C(=O)C2CC=CCC2C1=O. The number of nitrogens with zero attached hydrogens (tertiary/aromatic N) is 1. The van der Waals surface area contributed by atoms with Crippen LogP contribution in [0.2, 0.25) is 0 Å². The van der Waals surface area contributed by atoms with E-state index in [-0.39, 0.29) is 36.1 Å². The maximum atomic E-state index is 12.4. The van der Waals surface area contributed by atoms with Crippen LogP contribution in [0.5, 0.6) is 0 Å². The summed E-state index contributed by atoms with van der Waals surface area (Å²) in [5, 5.41) is 2.81. The van der Waals surface area contributed by atoms with E-state index >= 15 is 0 Å². The lowest BCUT2D eigenvalue weighted by atomic mass is 9.85. The topological polar surface area (TPSA) is 66.5 Å². The second kappa shape index (κ2) is 6.36. The summed E-state index contributed by atoms with van der Waals surface area (Å²) in [5.41, 5.74) is 1.76. The van der Waals surface area contributed by atoms with Crippen molar-refractivity contribution in [2.45, 2.75) is 26.2 Å². The van der Waals surface area contributed by atoms with Crippen LogP contribution in [0.1, 0.15) is 25.3 Å². The van der Waals surface area contributed by atoms with Crippen LogP contribution in [-0.4, -0.2) is 29.2 Å². The molecule has 0 saturated carbocycles. The second-order valence-corrected chi connectivity index (χ2v) is 5.98. The van der Waals surface area contributed by atoms with E-state index in [9.17, 15) is 14.4 Å². The smallest absolute Gasteiger partial charge is 0.244 e. The number of hydrogen-bond donors (Lipinski definition) is 1. The number of amides is 3. The number of benzene rings is 1. The summed E-state index contributed by atoms with van der Waals surface area (Å²) in [4.78, 5) is 38.1. The molecule has 1 saturated heterocycles. The lowest BCUT2D eigenvalue weighted by Crippen LogP contribution is -2.38. The Kier molecular flexibility index (Phi) is 4.28. The highest BCUT2D eigenvalue weighted by atomic mass is 16.2. The van der Waals surface area contributed by atoms with Gasteiger partial charge < -0.3 is 5.32 Å². The third-order valence-corrected chi connectivity index (χ3v) is 4.57. The Hall–Kier alpha value is -2.43. The Morgan fingerprint density at radius 2 is 1.74 bits per heavy atom. The number of anilines is 1. The number of hydrogen-bond acceptors (Lipinski definition) is 3. The van der Waals surface area contributed by atoms with E-state index in [1.807, 2.05) is 43.3 Å². The molecule has 1 aromatic carbocycles. The molecule has 3 rings (SSSR count). The first kappa shape index (κ1) is 15.5. The predicted octanol–water partition coefficient (Wildman–Crippen LogP) is 2.14. The van der Waals surface area contributed by atoms with E-state index in [4.69, 9.17) is 0 Å². The average molecular weight is 312 g/mol. The molecule has 0 spiro atoms. The summed E-state index contributed by atoms with van der Waals surface area (Å²) in [7, 11) is 0. The summed E-state index contributed by atoms with van der Waals surface area (Å²) >= 11 is 0. The minimum atomic E-state index is -0.334. The number of para-hydroxylation sites is 1. The van der Waals surface area contributed by atoms with E-state index in [0.717, 1.165) is 22.6 Å². The van der Waals surface area contributed by atoms with Crippen molar-refractivity contribution in [3.05, 3.63) is 42.0 Å². The molecule has 1 N–H and O–H groups in total. The van der Waals surface area contributed by atoms with Gasteiger partial charge in [0.05, 0.1) is 11.8 Å². The summed E-state index contributed by atoms with van der Waals surface area (Å²) in [6.07, 6.45) is 5.85. The first-order valence-electron chi connectivity index (χ1n) is 7.99. The summed E-state index contributed by atoms with van der Waals surface area (Å²) in [6.45, 7) is 1.80. The van der Waals surface area contributed by atoms with Crippen LogP contribution in [-0.2, 0) is 20.8 Å². The zero-order valence-electron chi connectivity index (χ0n) is 13.1. The molecule has 1 fully saturated rings. The molecule has 5 heteroatoms. The number of likely N-dealkylation sites (tertiary alicyclic amines) is 1. The van der Waals surface area contributed by atoms with Gasteiger partial charge in [-0.3, -0.25) is 19.3 Å². The van der Waals surface area contributed by atoms with Crippen molar-refractivity contribution >= 4 is 23.4 Å². The van der Waals surface area contributed by atoms with E-state index in [0.29, 0.717) is 12.8 Å². The number of carbonyl (C=O) groups is 3. The minimum absolute atomic E-state index is 0.206. The van der Waals surface area contributed by atoms with E-state index < -0.39 is 0 Å². The quantitative estimate of drug-likeness (QED) is 0.684. The normalized spacial score (nSPS) is 23.1. The zero-order chi connectivity index (χ0) is 16.4. The Morgan fingerprint density at radius 3 is 2.35 bits per heavy atom. The minimum Gasteiger partial charge on any atom is -0.324 e. The van der Waals surface area contributed by atoms with Crippen molar-refractivity contribution in [3.8, 4) is 0 Å². The number of nitrogens with one attached hydrogen (secondary N) is 1. The molecular weight excluding hydrogens is 292 g/mol. The molecular formula is C18H20N2O3. The highest BCUT2D eigenvalue weighted by Crippen LogP contribution is 2.34. The molecule has 2 unspecified atom stereocenters. The van der Waals surface area contributed by atoms with Gasteiger partial charge in [-0.15, -0.1) is 0 Å². The van der Waals surface area contributed by atoms with Crippen molar-refractivity contribution in [2.24, 2.45) is 11.8 Å². The fourth-order valence-corrected chi connectivity index (χ4v) is 3.31. The molecule has 1 heterocycles. The molecule has 5 nitrogen and oxygen atoms in total. The molecule has 3 amide bonds. The van der Waals surface area contributed by atoms with E-state index in [2.05, 4.69) is 5.32 Å². The third kappa shape index (κ3) is 2.91. The van der Waals surface area contributed by atoms with E-state index in [1.54, 1.807) is 0 Å². The Morgan fingerprint density at radius 1 is 1.13 bits per heavy atom. The number of carbonyl (C=O) groups excluding carboxylic acids is 3. The number of imide groups is 1. The highest BCUT2D eigenvalue weighted by Gasteiger charge is 2.47. The molecule has 1 aliphatic carbocycles. The maximum Gasteiger partial charge on any atom is 0.244 e. The van der Waals surface area contributed by atoms with Crippen molar-refractivity contribution in [2.75, 3.05) is 11.9 Å². The van der Waals surface area contributed by atoms with Gasteiger partial charge in [0.2, 0.25) is 17.7 Å². The van der Waals surface area contributed by atoms with Crippen molar-refractivity contribution in [1.29, 1.82) is 0 Å². The van der Waals surface area contributed by atoms with Crippen LogP contribution in [0.3, 0.4) is 0 Å². The highest BCUT2D eigenvalue weighted by molar-refractivity contribution is 6.08. The van der Waals surface area contributed by atoms with Gasteiger partial charge in [-0.2, -0.15) is 0 Å². The fourth-order valence-electron chi connectivity index (χ4n) is 3.31. The van der Waals surface area contributed by atoms with Gasteiger partial charge in [0, 0.05) is 5.69 Å². The van der Waals surface area contributed by atoms with Gasteiger partial charge in [-0.05, 0) is 30.9 Å². The molecule has 0 bridgehead atoms. The number of fused-ring (bicyclic) bond motifs is 1. The fraction of sp³-hybridized carbons (Fsp3) is 0.389. The second-order valence-electron chi connectivity index (χ2n) is 5.98. The maximum absolute atomic E-state index is 12.4. The first-order chi connectivity index (χ1) is 11.1. The van der Waals surface area contributed by atoms with Gasteiger partial charge in [0.15, 0.2) is 0 Å². The third-order valence-electron chi connectivity index (χ3n) is 4.57. The Labute approximate surface area is 135 Å². The summed E-state index contributed by atoms with van der Waals surface area (Å²) < 4.78 is 0. The monoisotopic (exact) mass is 312 g/mol. The summed E-state index contributed by atoms with van der Waals surface area (Å²) in [5.74, 6) is -1.35. The molecule has 0 aromatic heterocycles. The lowest BCUT2D eigenvalue weighted by Gasteiger charge is -2.15.